The molecule has 0 saturated carbocycles. The first-order valence-electron chi connectivity index (χ1n) is 11.4. The Labute approximate surface area is 197 Å². The highest BCUT2D eigenvalue weighted by Gasteiger charge is 2.01. The van der Waals surface area contributed by atoms with Crippen LogP contribution in [0.25, 0.3) is 10.8 Å². The SMILES string of the molecule is CC(=Nc1ccccc1C)c1ccc2ccccc2c1.c1ccc(Cc2ccccc2)cc1. The first-order valence-corrected chi connectivity index (χ1v) is 11.4. The molecule has 0 N–H and O–H groups in total. The van der Waals surface area contributed by atoms with Gasteiger partial charge in [0.25, 0.3) is 0 Å². The molecular weight excluding hydrogens is 398 g/mol. The molecule has 1 heteroatoms. The lowest BCUT2D eigenvalue weighted by Gasteiger charge is -2.05. The van der Waals surface area contributed by atoms with E-state index in [0.29, 0.717) is 0 Å². The van der Waals surface area contributed by atoms with Gasteiger partial charge < -0.3 is 0 Å². The van der Waals surface area contributed by atoms with E-state index in [0.717, 1.165) is 17.8 Å². The highest BCUT2D eigenvalue weighted by atomic mass is 14.7. The Bertz CT molecular complexity index is 1300. The molecule has 0 unspecified atom stereocenters. The van der Waals surface area contributed by atoms with Crippen molar-refractivity contribution in [1.82, 2.24) is 0 Å². The van der Waals surface area contributed by atoms with Gasteiger partial charge in [0, 0.05) is 5.71 Å². The van der Waals surface area contributed by atoms with Crippen LogP contribution in [0.2, 0.25) is 0 Å². The maximum absolute atomic E-state index is 4.75. The van der Waals surface area contributed by atoms with E-state index >= 15 is 0 Å². The normalized spacial score (nSPS) is 11.0. The molecule has 5 aromatic carbocycles. The number of aryl methyl sites for hydroxylation is 1. The Morgan fingerprint density at radius 3 is 1.76 bits per heavy atom. The Morgan fingerprint density at radius 1 is 0.576 bits per heavy atom. The average molecular weight is 428 g/mol. The third kappa shape index (κ3) is 6.27. The van der Waals surface area contributed by atoms with E-state index in [2.05, 4.69) is 129 Å². The van der Waals surface area contributed by atoms with Crippen molar-refractivity contribution in [3.63, 3.8) is 0 Å². The Morgan fingerprint density at radius 2 is 1.12 bits per heavy atom. The lowest BCUT2D eigenvalue weighted by Crippen LogP contribution is -1.94. The topological polar surface area (TPSA) is 12.4 Å². The summed E-state index contributed by atoms with van der Waals surface area (Å²) in [6.45, 7) is 4.16. The predicted octanol–water partition coefficient (Wildman–Crippen LogP) is 8.57. The fourth-order valence-corrected chi connectivity index (χ4v) is 3.78. The van der Waals surface area contributed by atoms with Crippen LogP contribution in [-0.4, -0.2) is 5.71 Å². The quantitative estimate of drug-likeness (QED) is 0.255. The summed E-state index contributed by atoms with van der Waals surface area (Å²) in [5, 5.41) is 2.52. The lowest BCUT2D eigenvalue weighted by atomic mass is 10.0. The van der Waals surface area contributed by atoms with Crippen LogP contribution in [0.4, 0.5) is 5.69 Å². The second-order valence-corrected chi connectivity index (χ2v) is 8.19. The number of fused-ring (bicyclic) bond motifs is 1. The second kappa shape index (κ2) is 11.1. The molecule has 0 aliphatic carbocycles. The minimum atomic E-state index is 1.03. The standard InChI is InChI=1S/C19H17N.C13H12/c1-14-7-3-6-10-19(14)20-15(2)17-12-11-16-8-4-5-9-18(16)13-17;1-3-7-12(8-4-1)11-13-9-5-2-6-10-13/h3-13H,1-2H3;1-10H,11H2. The number of benzene rings is 5. The number of hydrogen-bond donors (Lipinski definition) is 0. The van der Waals surface area contributed by atoms with Crippen LogP contribution in [0, 0.1) is 6.92 Å². The molecule has 0 aromatic heterocycles. The zero-order valence-electron chi connectivity index (χ0n) is 19.3. The molecule has 0 atom stereocenters. The molecule has 0 bridgehead atoms. The molecule has 1 nitrogen and oxygen atoms in total. The van der Waals surface area contributed by atoms with E-state index in [4.69, 9.17) is 4.99 Å². The van der Waals surface area contributed by atoms with Crippen molar-refractivity contribution in [1.29, 1.82) is 0 Å². The number of hydrogen-bond acceptors (Lipinski definition) is 1. The molecular formula is C32H29N. The number of nitrogens with zero attached hydrogens (tertiary/aromatic N) is 1. The van der Waals surface area contributed by atoms with Crippen LogP contribution in [0.5, 0.6) is 0 Å². The van der Waals surface area contributed by atoms with Gasteiger partial charge >= 0.3 is 0 Å². The fraction of sp³-hybridized carbons (Fsp3) is 0.0938. The molecule has 5 rings (SSSR count). The molecule has 162 valence electrons. The van der Waals surface area contributed by atoms with Crippen LogP contribution in [0.3, 0.4) is 0 Å². The third-order valence-electron chi connectivity index (χ3n) is 5.66. The maximum atomic E-state index is 4.75. The molecule has 0 saturated heterocycles. The maximum Gasteiger partial charge on any atom is 0.0662 e. The van der Waals surface area contributed by atoms with Crippen LogP contribution < -0.4 is 0 Å². The van der Waals surface area contributed by atoms with E-state index in [-0.39, 0.29) is 0 Å². The number of para-hydroxylation sites is 1. The summed E-state index contributed by atoms with van der Waals surface area (Å²) < 4.78 is 0. The predicted molar refractivity (Wildman–Crippen MR) is 143 cm³/mol. The van der Waals surface area contributed by atoms with E-state index in [1.807, 2.05) is 12.1 Å². The highest BCUT2D eigenvalue weighted by Crippen LogP contribution is 2.21. The van der Waals surface area contributed by atoms with E-state index in [1.54, 1.807) is 0 Å². The van der Waals surface area contributed by atoms with Gasteiger partial charge in [-0.2, -0.15) is 0 Å². The van der Waals surface area contributed by atoms with E-state index in [1.165, 1.54) is 33.0 Å². The van der Waals surface area contributed by atoms with Crippen LogP contribution in [0.1, 0.15) is 29.2 Å². The largest absolute Gasteiger partial charge is 0.253 e. The summed E-state index contributed by atoms with van der Waals surface area (Å²) in [6.07, 6.45) is 1.03. The van der Waals surface area contributed by atoms with Gasteiger partial charge in [-0.15, -0.1) is 0 Å². The molecule has 0 aliphatic rings. The minimum absolute atomic E-state index is 1.03. The zero-order valence-corrected chi connectivity index (χ0v) is 19.3. The van der Waals surface area contributed by atoms with Gasteiger partial charge in [0.1, 0.15) is 0 Å². The molecule has 0 radical (unpaired) electrons. The molecule has 5 aromatic rings. The van der Waals surface area contributed by atoms with E-state index in [9.17, 15) is 0 Å². The van der Waals surface area contributed by atoms with Crippen molar-refractivity contribution < 1.29 is 0 Å². The molecule has 33 heavy (non-hydrogen) atoms. The van der Waals surface area contributed by atoms with Gasteiger partial charge in [-0.05, 0) is 65.4 Å². The third-order valence-corrected chi connectivity index (χ3v) is 5.66. The van der Waals surface area contributed by atoms with Crippen LogP contribution in [-0.2, 0) is 6.42 Å². The summed E-state index contributed by atoms with van der Waals surface area (Å²) in [5.74, 6) is 0. The first kappa shape index (κ1) is 22.2. The van der Waals surface area contributed by atoms with Crippen molar-refractivity contribution in [2.24, 2.45) is 4.99 Å². The van der Waals surface area contributed by atoms with Crippen molar-refractivity contribution in [2.75, 3.05) is 0 Å². The summed E-state index contributed by atoms with van der Waals surface area (Å²) >= 11 is 0. The van der Waals surface area contributed by atoms with Crippen molar-refractivity contribution >= 4 is 22.2 Å². The summed E-state index contributed by atoms with van der Waals surface area (Å²) in [5.41, 5.74) is 7.20. The summed E-state index contributed by atoms with van der Waals surface area (Å²) in [7, 11) is 0. The smallest absolute Gasteiger partial charge is 0.0662 e. The monoisotopic (exact) mass is 427 g/mol. The van der Waals surface area contributed by atoms with Crippen molar-refractivity contribution in [3.05, 3.63) is 150 Å². The minimum Gasteiger partial charge on any atom is -0.253 e. The van der Waals surface area contributed by atoms with Crippen LogP contribution in [0.15, 0.2) is 132 Å². The molecule has 0 heterocycles. The van der Waals surface area contributed by atoms with Gasteiger partial charge in [-0.25, -0.2) is 0 Å². The number of aliphatic imine (C=N–C) groups is 1. The Kier molecular flexibility index (Phi) is 7.45. The fourth-order valence-electron chi connectivity index (χ4n) is 3.78. The molecule has 0 amide bonds. The van der Waals surface area contributed by atoms with Gasteiger partial charge in [0.05, 0.1) is 5.69 Å². The summed E-state index contributed by atoms with van der Waals surface area (Å²) in [4.78, 5) is 4.75. The van der Waals surface area contributed by atoms with Crippen molar-refractivity contribution in [2.45, 2.75) is 20.3 Å². The lowest BCUT2D eigenvalue weighted by molar-refractivity contribution is 1.19. The first-order chi connectivity index (χ1) is 16.2. The van der Waals surface area contributed by atoms with Gasteiger partial charge in [0.15, 0.2) is 0 Å². The zero-order chi connectivity index (χ0) is 22.9. The molecule has 0 fully saturated rings. The second-order valence-electron chi connectivity index (χ2n) is 8.19. The van der Waals surface area contributed by atoms with Crippen molar-refractivity contribution in [3.8, 4) is 0 Å². The Balaban J connectivity index is 0.000000172. The highest BCUT2D eigenvalue weighted by molar-refractivity contribution is 6.03. The molecule has 0 spiro atoms. The van der Waals surface area contributed by atoms with Gasteiger partial charge in [-0.1, -0.05) is 115 Å². The number of rotatable bonds is 4. The van der Waals surface area contributed by atoms with Gasteiger partial charge in [-0.3, -0.25) is 4.99 Å². The van der Waals surface area contributed by atoms with Gasteiger partial charge in [0.2, 0.25) is 0 Å². The van der Waals surface area contributed by atoms with Crippen LogP contribution >= 0.6 is 0 Å². The van der Waals surface area contributed by atoms with E-state index < -0.39 is 0 Å². The molecule has 0 aliphatic heterocycles. The average Bonchev–Trinajstić information content (AvgIpc) is 2.87. The summed E-state index contributed by atoms with van der Waals surface area (Å²) in [6, 6.07) is 44.2. The Hall–Kier alpha value is -3.97.